The molecule has 2 aromatic carbocycles. The second-order valence-corrected chi connectivity index (χ2v) is 6.72. The van der Waals surface area contributed by atoms with Crippen molar-refractivity contribution >= 4 is 5.78 Å². The Hall–Kier alpha value is -2.09. The molecule has 0 spiro atoms. The predicted molar refractivity (Wildman–Crippen MR) is 90.7 cm³/mol. The van der Waals surface area contributed by atoms with E-state index in [9.17, 15) is 4.79 Å². The van der Waals surface area contributed by atoms with Gasteiger partial charge in [-0.15, -0.1) is 0 Å². The van der Waals surface area contributed by atoms with E-state index in [4.69, 9.17) is 4.74 Å². The van der Waals surface area contributed by atoms with Crippen LogP contribution in [0.4, 0.5) is 0 Å². The summed E-state index contributed by atoms with van der Waals surface area (Å²) >= 11 is 0. The Labute approximate surface area is 133 Å². The van der Waals surface area contributed by atoms with Gasteiger partial charge in [0, 0.05) is 11.1 Å². The molecule has 116 valence electrons. The van der Waals surface area contributed by atoms with Crippen LogP contribution < -0.4 is 4.74 Å². The highest BCUT2D eigenvalue weighted by molar-refractivity contribution is 5.96. The van der Waals surface area contributed by atoms with Crippen LogP contribution in [0, 0.1) is 6.92 Å². The molecular weight excluding hydrogens is 272 g/mol. The van der Waals surface area contributed by atoms with Crippen LogP contribution in [0.2, 0.25) is 0 Å². The Morgan fingerprint density at radius 3 is 2.23 bits per heavy atom. The highest BCUT2D eigenvalue weighted by Gasteiger charge is 2.13. The van der Waals surface area contributed by atoms with Crippen LogP contribution in [-0.2, 0) is 12.0 Å². The lowest BCUT2D eigenvalue weighted by atomic mass is 9.87. The molecule has 0 radical (unpaired) electrons. The fourth-order valence-corrected chi connectivity index (χ4v) is 2.41. The first-order valence-electron chi connectivity index (χ1n) is 7.62. The molecule has 0 fully saturated rings. The van der Waals surface area contributed by atoms with Gasteiger partial charge in [0.1, 0.15) is 12.4 Å². The van der Waals surface area contributed by atoms with Gasteiger partial charge in [-0.05, 0) is 36.5 Å². The first-order valence-corrected chi connectivity index (χ1v) is 7.62. The van der Waals surface area contributed by atoms with Crippen molar-refractivity contribution in [2.45, 2.75) is 46.6 Å². The zero-order chi connectivity index (χ0) is 16.3. The number of carbonyl (C=O) groups is 1. The molecule has 0 bridgehead atoms. The van der Waals surface area contributed by atoms with Crippen molar-refractivity contribution < 1.29 is 9.53 Å². The molecule has 0 atom stereocenters. The SMILES string of the molecule is CC(=O)c1cccc(OCc2ccc(C(C)(C)C)cc2)c1C. The van der Waals surface area contributed by atoms with Crippen molar-refractivity contribution in [3.8, 4) is 5.75 Å². The van der Waals surface area contributed by atoms with Crippen LogP contribution in [0.1, 0.15) is 54.7 Å². The summed E-state index contributed by atoms with van der Waals surface area (Å²) in [6.45, 7) is 10.6. The number of rotatable bonds is 4. The van der Waals surface area contributed by atoms with Crippen LogP contribution in [0.5, 0.6) is 5.75 Å². The zero-order valence-corrected chi connectivity index (χ0v) is 14.1. The average molecular weight is 296 g/mol. The van der Waals surface area contributed by atoms with Gasteiger partial charge in [0.15, 0.2) is 5.78 Å². The van der Waals surface area contributed by atoms with Crippen molar-refractivity contribution in [3.63, 3.8) is 0 Å². The minimum Gasteiger partial charge on any atom is -0.489 e. The molecule has 2 nitrogen and oxygen atoms in total. The Kier molecular flexibility index (Phi) is 4.70. The van der Waals surface area contributed by atoms with E-state index < -0.39 is 0 Å². The number of ether oxygens (including phenoxy) is 1. The lowest BCUT2D eigenvalue weighted by Gasteiger charge is -2.19. The number of hydrogen-bond donors (Lipinski definition) is 0. The molecule has 0 aromatic heterocycles. The monoisotopic (exact) mass is 296 g/mol. The quantitative estimate of drug-likeness (QED) is 0.736. The molecule has 2 heteroatoms. The third-order valence-corrected chi connectivity index (χ3v) is 3.88. The fourth-order valence-electron chi connectivity index (χ4n) is 2.41. The Morgan fingerprint density at radius 1 is 1.05 bits per heavy atom. The smallest absolute Gasteiger partial charge is 0.160 e. The summed E-state index contributed by atoms with van der Waals surface area (Å²) in [5.41, 5.74) is 4.22. The first kappa shape index (κ1) is 16.3. The van der Waals surface area contributed by atoms with Gasteiger partial charge in [0.05, 0.1) is 0 Å². The number of hydrogen-bond acceptors (Lipinski definition) is 2. The molecule has 0 aliphatic heterocycles. The normalized spacial score (nSPS) is 11.3. The van der Waals surface area contributed by atoms with E-state index in [2.05, 4.69) is 45.0 Å². The maximum absolute atomic E-state index is 11.6. The molecule has 2 rings (SSSR count). The third kappa shape index (κ3) is 3.76. The van der Waals surface area contributed by atoms with Gasteiger partial charge in [-0.1, -0.05) is 57.2 Å². The lowest BCUT2D eigenvalue weighted by molar-refractivity contribution is 0.101. The lowest BCUT2D eigenvalue weighted by Crippen LogP contribution is -2.10. The average Bonchev–Trinajstić information content (AvgIpc) is 2.45. The van der Waals surface area contributed by atoms with Crippen LogP contribution in [0.15, 0.2) is 42.5 Å². The minimum absolute atomic E-state index is 0.0671. The molecular formula is C20H24O2. The first-order chi connectivity index (χ1) is 10.3. The van der Waals surface area contributed by atoms with E-state index in [1.54, 1.807) is 6.92 Å². The molecule has 0 aliphatic rings. The summed E-state index contributed by atoms with van der Waals surface area (Å²) < 4.78 is 5.89. The number of carbonyl (C=O) groups excluding carboxylic acids is 1. The molecule has 0 saturated carbocycles. The summed E-state index contributed by atoms with van der Waals surface area (Å²) in [5.74, 6) is 0.838. The van der Waals surface area contributed by atoms with E-state index >= 15 is 0 Å². The van der Waals surface area contributed by atoms with Gasteiger partial charge < -0.3 is 4.74 Å². The zero-order valence-electron chi connectivity index (χ0n) is 14.1. The molecule has 2 aromatic rings. The van der Waals surface area contributed by atoms with Crippen LogP contribution in [0.25, 0.3) is 0 Å². The highest BCUT2D eigenvalue weighted by atomic mass is 16.5. The standard InChI is InChI=1S/C20H24O2/c1-14-18(15(2)21)7-6-8-19(14)22-13-16-9-11-17(12-10-16)20(3,4)5/h6-12H,13H2,1-5H3. The predicted octanol–water partition coefficient (Wildman–Crippen LogP) is 5.07. The summed E-state index contributed by atoms with van der Waals surface area (Å²) in [4.78, 5) is 11.6. The molecule has 0 unspecified atom stereocenters. The van der Waals surface area contributed by atoms with Crippen LogP contribution in [-0.4, -0.2) is 5.78 Å². The maximum Gasteiger partial charge on any atom is 0.160 e. The highest BCUT2D eigenvalue weighted by Crippen LogP contribution is 2.24. The van der Waals surface area contributed by atoms with Gasteiger partial charge in [-0.2, -0.15) is 0 Å². The van der Waals surface area contributed by atoms with Crippen molar-refractivity contribution in [3.05, 3.63) is 64.7 Å². The maximum atomic E-state index is 11.6. The summed E-state index contributed by atoms with van der Waals surface area (Å²) in [6.07, 6.45) is 0. The molecule has 0 saturated heterocycles. The van der Waals surface area contributed by atoms with Crippen LogP contribution in [0.3, 0.4) is 0 Å². The Bertz CT molecular complexity index is 661. The number of ketones is 1. The van der Waals surface area contributed by atoms with Crippen molar-refractivity contribution in [1.29, 1.82) is 0 Å². The third-order valence-electron chi connectivity index (χ3n) is 3.88. The largest absolute Gasteiger partial charge is 0.489 e. The Morgan fingerprint density at radius 2 is 1.68 bits per heavy atom. The van der Waals surface area contributed by atoms with Crippen LogP contribution >= 0.6 is 0 Å². The van der Waals surface area contributed by atoms with E-state index in [1.807, 2.05) is 25.1 Å². The molecule has 0 heterocycles. The van der Waals surface area contributed by atoms with E-state index in [-0.39, 0.29) is 11.2 Å². The van der Waals surface area contributed by atoms with Crippen molar-refractivity contribution in [1.82, 2.24) is 0 Å². The van der Waals surface area contributed by atoms with E-state index in [0.717, 1.165) is 22.4 Å². The van der Waals surface area contributed by atoms with E-state index in [1.165, 1.54) is 5.56 Å². The van der Waals surface area contributed by atoms with Gasteiger partial charge in [-0.25, -0.2) is 0 Å². The van der Waals surface area contributed by atoms with Gasteiger partial charge in [-0.3, -0.25) is 4.79 Å². The molecule has 22 heavy (non-hydrogen) atoms. The minimum atomic E-state index is 0.0671. The number of benzene rings is 2. The van der Waals surface area contributed by atoms with Gasteiger partial charge in [0.2, 0.25) is 0 Å². The summed E-state index contributed by atoms with van der Waals surface area (Å²) in [5, 5.41) is 0. The van der Waals surface area contributed by atoms with Gasteiger partial charge in [0.25, 0.3) is 0 Å². The number of Topliss-reactive ketones (excluding diaryl/α,β-unsaturated/α-hetero) is 1. The second kappa shape index (κ2) is 6.35. The van der Waals surface area contributed by atoms with Crippen molar-refractivity contribution in [2.24, 2.45) is 0 Å². The molecule has 0 aliphatic carbocycles. The summed E-state index contributed by atoms with van der Waals surface area (Å²) in [7, 11) is 0. The molecule has 0 amide bonds. The van der Waals surface area contributed by atoms with Gasteiger partial charge >= 0.3 is 0 Å². The summed E-state index contributed by atoms with van der Waals surface area (Å²) in [6, 6.07) is 14.1. The van der Waals surface area contributed by atoms with Crippen molar-refractivity contribution in [2.75, 3.05) is 0 Å². The van der Waals surface area contributed by atoms with E-state index in [0.29, 0.717) is 6.61 Å². The fraction of sp³-hybridized carbons (Fsp3) is 0.350. The Balaban J connectivity index is 2.11. The topological polar surface area (TPSA) is 26.3 Å². The second-order valence-electron chi connectivity index (χ2n) is 6.72. The molecule has 0 N–H and O–H groups in total.